The van der Waals surface area contributed by atoms with Crippen LogP contribution in [0.3, 0.4) is 0 Å². The summed E-state index contributed by atoms with van der Waals surface area (Å²) in [5.74, 6) is 1.67. The molecule has 1 fully saturated rings. The van der Waals surface area contributed by atoms with E-state index < -0.39 is 0 Å². The van der Waals surface area contributed by atoms with Gasteiger partial charge < -0.3 is 10.1 Å². The van der Waals surface area contributed by atoms with Crippen LogP contribution in [0.5, 0.6) is 5.75 Å². The van der Waals surface area contributed by atoms with Crippen LogP contribution >= 0.6 is 15.9 Å². The number of rotatable bonds is 2. The van der Waals surface area contributed by atoms with E-state index in [1.807, 2.05) is 0 Å². The van der Waals surface area contributed by atoms with Crippen LogP contribution in [-0.2, 0) is 0 Å². The Balaban J connectivity index is 2.00. The summed E-state index contributed by atoms with van der Waals surface area (Å²) in [5, 5.41) is 3.67. The number of ether oxygens (including phenoxy) is 1. The lowest BCUT2D eigenvalue weighted by Crippen LogP contribution is -2.46. The molecule has 3 heteroatoms. The average Bonchev–Trinajstić information content (AvgIpc) is 2.60. The highest BCUT2D eigenvalue weighted by atomic mass is 79.9. The summed E-state index contributed by atoms with van der Waals surface area (Å²) >= 11 is 3.59. The first-order valence-electron chi connectivity index (χ1n) is 8.07. The standard InChI is InChI=1S/C18H26BrNO/c1-5-20-15-10-18(11-17(3,4)9-12(18)2)21-16-7-6-13(19)8-14(15)16/h6-8,12,15,20H,5,9-11H2,1-4H3. The molecule has 1 aromatic rings. The Morgan fingerprint density at radius 1 is 1.33 bits per heavy atom. The molecule has 1 heterocycles. The zero-order chi connectivity index (χ0) is 15.3. The van der Waals surface area contributed by atoms with Gasteiger partial charge in [-0.2, -0.15) is 0 Å². The van der Waals surface area contributed by atoms with Crippen LogP contribution in [0.25, 0.3) is 0 Å². The highest BCUT2D eigenvalue weighted by Crippen LogP contribution is 2.55. The molecule has 0 bridgehead atoms. The molecule has 3 unspecified atom stereocenters. The fraction of sp³-hybridized carbons (Fsp3) is 0.667. The van der Waals surface area contributed by atoms with Gasteiger partial charge in [0.05, 0.1) is 0 Å². The topological polar surface area (TPSA) is 21.3 Å². The summed E-state index contributed by atoms with van der Waals surface area (Å²) in [6.07, 6.45) is 3.48. The molecule has 116 valence electrons. The van der Waals surface area contributed by atoms with Crippen LogP contribution in [0.4, 0.5) is 0 Å². The Kier molecular flexibility index (Phi) is 3.86. The molecule has 1 spiro atoms. The summed E-state index contributed by atoms with van der Waals surface area (Å²) in [6, 6.07) is 6.82. The van der Waals surface area contributed by atoms with Crippen molar-refractivity contribution in [3.05, 3.63) is 28.2 Å². The molecule has 2 nitrogen and oxygen atoms in total. The van der Waals surface area contributed by atoms with Crippen LogP contribution in [0, 0.1) is 11.3 Å². The number of nitrogens with one attached hydrogen (secondary N) is 1. The first-order valence-corrected chi connectivity index (χ1v) is 8.86. The van der Waals surface area contributed by atoms with Gasteiger partial charge in [0, 0.05) is 22.5 Å². The van der Waals surface area contributed by atoms with Crippen molar-refractivity contribution >= 4 is 15.9 Å². The van der Waals surface area contributed by atoms with Crippen molar-refractivity contribution in [2.45, 2.75) is 58.6 Å². The molecule has 21 heavy (non-hydrogen) atoms. The second kappa shape index (κ2) is 5.27. The summed E-state index contributed by atoms with van der Waals surface area (Å²) in [4.78, 5) is 0. The van der Waals surface area contributed by atoms with Gasteiger partial charge in [-0.05, 0) is 48.9 Å². The quantitative estimate of drug-likeness (QED) is 0.802. The Hall–Kier alpha value is -0.540. The van der Waals surface area contributed by atoms with E-state index in [2.05, 4.69) is 67.1 Å². The van der Waals surface area contributed by atoms with Gasteiger partial charge in [0.25, 0.3) is 0 Å². The molecular formula is C18H26BrNO. The van der Waals surface area contributed by atoms with Crippen molar-refractivity contribution in [1.29, 1.82) is 0 Å². The third kappa shape index (κ3) is 2.75. The number of fused-ring (bicyclic) bond motifs is 1. The van der Waals surface area contributed by atoms with Crippen molar-refractivity contribution in [2.24, 2.45) is 11.3 Å². The summed E-state index contributed by atoms with van der Waals surface area (Å²) in [5.41, 5.74) is 1.67. The van der Waals surface area contributed by atoms with Gasteiger partial charge in [0.2, 0.25) is 0 Å². The Morgan fingerprint density at radius 3 is 2.71 bits per heavy atom. The molecule has 0 aromatic heterocycles. The van der Waals surface area contributed by atoms with Crippen LogP contribution in [0.2, 0.25) is 0 Å². The van der Waals surface area contributed by atoms with Crippen molar-refractivity contribution < 1.29 is 4.74 Å². The monoisotopic (exact) mass is 351 g/mol. The normalized spacial score (nSPS) is 33.8. The minimum atomic E-state index is -0.00281. The average molecular weight is 352 g/mol. The highest BCUT2D eigenvalue weighted by molar-refractivity contribution is 9.10. The lowest BCUT2D eigenvalue weighted by Gasteiger charge is -2.43. The summed E-state index contributed by atoms with van der Waals surface area (Å²) in [7, 11) is 0. The summed E-state index contributed by atoms with van der Waals surface area (Å²) in [6.45, 7) is 10.3. The highest BCUT2D eigenvalue weighted by Gasteiger charge is 2.53. The van der Waals surface area contributed by atoms with E-state index in [9.17, 15) is 0 Å². The van der Waals surface area contributed by atoms with Gasteiger partial charge in [0.1, 0.15) is 11.4 Å². The van der Waals surface area contributed by atoms with Crippen molar-refractivity contribution in [2.75, 3.05) is 6.54 Å². The molecule has 1 aliphatic heterocycles. The maximum absolute atomic E-state index is 6.60. The molecule has 1 aromatic carbocycles. The maximum atomic E-state index is 6.60. The van der Waals surface area contributed by atoms with Crippen LogP contribution in [-0.4, -0.2) is 12.1 Å². The van der Waals surface area contributed by atoms with E-state index in [-0.39, 0.29) is 5.60 Å². The fourth-order valence-corrected chi connectivity index (χ4v) is 4.89. The van der Waals surface area contributed by atoms with Gasteiger partial charge in [-0.1, -0.05) is 43.6 Å². The second-order valence-electron chi connectivity index (χ2n) is 7.61. The number of hydrogen-bond donors (Lipinski definition) is 1. The van der Waals surface area contributed by atoms with Crippen molar-refractivity contribution in [1.82, 2.24) is 5.32 Å². The predicted molar refractivity (Wildman–Crippen MR) is 90.7 cm³/mol. The van der Waals surface area contributed by atoms with Crippen molar-refractivity contribution in [3.8, 4) is 5.75 Å². The van der Waals surface area contributed by atoms with Crippen molar-refractivity contribution in [3.63, 3.8) is 0 Å². The van der Waals surface area contributed by atoms with E-state index in [1.54, 1.807) is 0 Å². The van der Waals surface area contributed by atoms with Gasteiger partial charge in [0.15, 0.2) is 0 Å². The minimum absolute atomic E-state index is 0.00281. The first kappa shape index (κ1) is 15.4. The third-order valence-corrected chi connectivity index (χ3v) is 5.69. The van der Waals surface area contributed by atoms with Gasteiger partial charge >= 0.3 is 0 Å². The molecule has 1 saturated carbocycles. The maximum Gasteiger partial charge on any atom is 0.125 e. The summed E-state index contributed by atoms with van der Waals surface area (Å²) < 4.78 is 7.73. The molecule has 0 amide bonds. The predicted octanol–water partition coefficient (Wildman–Crippen LogP) is 5.08. The van der Waals surface area contributed by atoms with E-state index in [0.717, 1.165) is 29.6 Å². The molecular weight excluding hydrogens is 326 g/mol. The van der Waals surface area contributed by atoms with Crippen LogP contribution in [0.15, 0.2) is 22.7 Å². The Bertz CT molecular complexity index is 542. The lowest BCUT2D eigenvalue weighted by molar-refractivity contribution is -0.00271. The second-order valence-corrected chi connectivity index (χ2v) is 8.53. The molecule has 0 radical (unpaired) electrons. The SMILES string of the molecule is CCNC1CC2(CC(C)(C)CC2C)Oc2ccc(Br)cc21. The Labute approximate surface area is 136 Å². The smallest absolute Gasteiger partial charge is 0.125 e. The van der Waals surface area contributed by atoms with E-state index in [1.165, 1.54) is 12.0 Å². The lowest BCUT2D eigenvalue weighted by atomic mass is 9.80. The molecule has 3 atom stereocenters. The van der Waals surface area contributed by atoms with E-state index >= 15 is 0 Å². The fourth-order valence-electron chi connectivity index (χ4n) is 4.51. The van der Waals surface area contributed by atoms with Gasteiger partial charge in [-0.25, -0.2) is 0 Å². The number of halogens is 1. The first-order chi connectivity index (χ1) is 9.85. The molecule has 2 aliphatic rings. The molecule has 0 saturated heterocycles. The zero-order valence-corrected chi connectivity index (χ0v) is 15.1. The Morgan fingerprint density at radius 2 is 2.10 bits per heavy atom. The number of benzene rings is 1. The van der Waals surface area contributed by atoms with Gasteiger partial charge in [-0.3, -0.25) is 0 Å². The molecule has 1 N–H and O–H groups in total. The van der Waals surface area contributed by atoms with Gasteiger partial charge in [-0.15, -0.1) is 0 Å². The van der Waals surface area contributed by atoms with E-state index in [4.69, 9.17) is 4.74 Å². The van der Waals surface area contributed by atoms with Crippen LogP contribution in [0.1, 0.15) is 58.6 Å². The zero-order valence-electron chi connectivity index (χ0n) is 13.5. The number of hydrogen-bond acceptors (Lipinski definition) is 2. The molecule has 1 aliphatic carbocycles. The molecule has 3 rings (SSSR count). The largest absolute Gasteiger partial charge is 0.487 e. The third-order valence-electron chi connectivity index (χ3n) is 5.20. The minimum Gasteiger partial charge on any atom is -0.487 e. The van der Waals surface area contributed by atoms with Crippen LogP contribution < -0.4 is 10.1 Å². The van der Waals surface area contributed by atoms with E-state index in [0.29, 0.717) is 17.4 Å².